The lowest BCUT2D eigenvalue weighted by molar-refractivity contribution is 0.386. The zero-order chi connectivity index (χ0) is 7.45. The fourth-order valence-corrected chi connectivity index (χ4v) is 1.54. The topological polar surface area (TPSA) is 47.7 Å². The van der Waals surface area contributed by atoms with Gasteiger partial charge in [-0.1, -0.05) is 19.3 Å². The van der Waals surface area contributed by atoms with Crippen LogP contribution in [-0.2, 0) is 0 Å². The Morgan fingerprint density at radius 1 is 0.900 bits per heavy atom. The van der Waals surface area contributed by atoms with E-state index >= 15 is 0 Å². The molecule has 1 aliphatic carbocycles. The van der Waals surface area contributed by atoms with E-state index in [2.05, 4.69) is 0 Å². The van der Waals surface area contributed by atoms with Crippen LogP contribution in [0.3, 0.4) is 0 Å². The van der Waals surface area contributed by atoms with E-state index in [0.717, 1.165) is 12.8 Å². The Balaban J connectivity index is 2.60. The van der Waals surface area contributed by atoms with Gasteiger partial charge in [-0.15, -0.1) is 0 Å². The van der Waals surface area contributed by atoms with Gasteiger partial charge in [0.2, 0.25) is 0 Å². The van der Waals surface area contributed by atoms with Gasteiger partial charge in [-0.3, -0.25) is 0 Å². The second kappa shape index (κ2) is 2.95. The maximum atomic E-state index is 7.17. The van der Waals surface area contributed by atoms with Gasteiger partial charge >= 0.3 is 0 Å². The molecular weight excluding hydrogens is 124 g/mol. The lowest BCUT2D eigenvalue weighted by atomic mass is 9.76. The van der Waals surface area contributed by atoms with Gasteiger partial charge in [-0.2, -0.15) is 0 Å². The normalized spacial score (nSPS) is 23.6. The summed E-state index contributed by atoms with van der Waals surface area (Å²) in [7, 11) is 0. The number of hydrogen-bond acceptors (Lipinski definition) is 2. The van der Waals surface area contributed by atoms with Gasteiger partial charge in [0, 0.05) is 17.8 Å². The number of hydrogen-bond donors (Lipinski definition) is 2. The Kier molecular flexibility index (Phi) is 2.20. The summed E-state index contributed by atoms with van der Waals surface area (Å²) in [6.07, 6.45) is 8.57. The van der Waals surface area contributed by atoms with Crippen molar-refractivity contribution in [1.82, 2.24) is 0 Å². The Labute approximate surface area is 61.7 Å². The summed E-state index contributed by atoms with van der Waals surface area (Å²) in [6, 6.07) is 0. The van der Waals surface area contributed by atoms with E-state index in [1.54, 1.807) is 0 Å². The summed E-state index contributed by atoms with van der Waals surface area (Å²) in [4.78, 5) is 0. The van der Waals surface area contributed by atoms with Gasteiger partial charge in [0.15, 0.2) is 0 Å². The molecule has 0 saturated heterocycles. The summed E-state index contributed by atoms with van der Waals surface area (Å²) < 4.78 is 0. The zero-order valence-corrected chi connectivity index (χ0v) is 6.19. The molecule has 0 amide bonds. The van der Waals surface area contributed by atoms with Crippen LogP contribution < -0.4 is 0 Å². The zero-order valence-electron chi connectivity index (χ0n) is 6.19. The van der Waals surface area contributed by atoms with Crippen molar-refractivity contribution in [3.63, 3.8) is 0 Å². The maximum absolute atomic E-state index is 7.17. The summed E-state index contributed by atoms with van der Waals surface area (Å²) in [5, 5.41) is 14.3. The van der Waals surface area contributed by atoms with Gasteiger partial charge in [0.25, 0.3) is 0 Å². The predicted molar refractivity (Wildman–Crippen MR) is 43.1 cm³/mol. The van der Waals surface area contributed by atoms with Crippen LogP contribution in [0.25, 0.3) is 0 Å². The van der Waals surface area contributed by atoms with Crippen LogP contribution in [0.15, 0.2) is 0 Å². The van der Waals surface area contributed by atoms with Crippen LogP contribution in [0.5, 0.6) is 0 Å². The van der Waals surface area contributed by atoms with Crippen LogP contribution in [0, 0.1) is 16.2 Å². The summed E-state index contributed by atoms with van der Waals surface area (Å²) in [5.74, 6) is 0. The minimum absolute atomic E-state index is 0.155. The monoisotopic (exact) mass is 138 g/mol. The highest BCUT2D eigenvalue weighted by molar-refractivity contribution is 5.86. The van der Waals surface area contributed by atoms with Gasteiger partial charge < -0.3 is 10.8 Å². The van der Waals surface area contributed by atoms with E-state index in [1.807, 2.05) is 0 Å². The van der Waals surface area contributed by atoms with Crippen LogP contribution in [0.1, 0.15) is 32.1 Å². The Bertz CT molecular complexity index is 124. The van der Waals surface area contributed by atoms with Crippen molar-refractivity contribution in [1.29, 1.82) is 10.8 Å². The van der Waals surface area contributed by atoms with Gasteiger partial charge in [0.05, 0.1) is 0 Å². The first kappa shape index (κ1) is 7.45. The van der Waals surface area contributed by atoms with Gasteiger partial charge in [-0.05, 0) is 12.8 Å². The van der Waals surface area contributed by atoms with Gasteiger partial charge in [-0.25, -0.2) is 0 Å². The SMILES string of the molecule is N=CC1(C=N)CCCCC1. The molecule has 0 aliphatic heterocycles. The summed E-state index contributed by atoms with van der Waals surface area (Å²) in [6.45, 7) is 0. The standard InChI is InChI=1S/C8H14N2/c9-6-8(7-10)4-2-1-3-5-8/h6-7,9-10H,1-5H2. The average Bonchev–Trinajstić information content (AvgIpc) is 2.06. The van der Waals surface area contributed by atoms with Crippen molar-refractivity contribution in [2.24, 2.45) is 5.41 Å². The van der Waals surface area contributed by atoms with Crippen LogP contribution in [0.4, 0.5) is 0 Å². The van der Waals surface area contributed by atoms with Crippen molar-refractivity contribution in [2.45, 2.75) is 32.1 Å². The molecule has 0 radical (unpaired) electrons. The third-order valence-corrected chi connectivity index (χ3v) is 2.36. The molecule has 2 heteroatoms. The molecule has 0 aromatic rings. The van der Waals surface area contributed by atoms with Crippen molar-refractivity contribution < 1.29 is 0 Å². The first-order chi connectivity index (χ1) is 4.83. The molecule has 0 spiro atoms. The highest BCUT2D eigenvalue weighted by Crippen LogP contribution is 2.32. The second-order valence-electron chi connectivity index (χ2n) is 3.08. The van der Waals surface area contributed by atoms with Crippen molar-refractivity contribution in [3.8, 4) is 0 Å². The van der Waals surface area contributed by atoms with Crippen molar-refractivity contribution >= 4 is 12.4 Å². The molecule has 1 saturated carbocycles. The molecular formula is C8H14N2. The van der Waals surface area contributed by atoms with E-state index in [9.17, 15) is 0 Å². The predicted octanol–water partition coefficient (Wildman–Crippen LogP) is 2.24. The number of nitrogens with one attached hydrogen (secondary N) is 2. The van der Waals surface area contributed by atoms with Crippen molar-refractivity contribution in [3.05, 3.63) is 0 Å². The molecule has 2 N–H and O–H groups in total. The Morgan fingerprint density at radius 3 is 1.70 bits per heavy atom. The highest BCUT2D eigenvalue weighted by Gasteiger charge is 2.26. The van der Waals surface area contributed by atoms with Crippen LogP contribution in [-0.4, -0.2) is 12.4 Å². The largest absolute Gasteiger partial charge is 0.312 e. The molecule has 0 aromatic carbocycles. The van der Waals surface area contributed by atoms with E-state index in [4.69, 9.17) is 10.8 Å². The molecule has 56 valence electrons. The lowest BCUT2D eigenvalue weighted by Gasteiger charge is -2.28. The van der Waals surface area contributed by atoms with Crippen LogP contribution in [0.2, 0.25) is 0 Å². The molecule has 1 aliphatic rings. The van der Waals surface area contributed by atoms with Gasteiger partial charge in [0.1, 0.15) is 0 Å². The number of rotatable bonds is 2. The van der Waals surface area contributed by atoms with E-state index in [1.165, 1.54) is 31.7 Å². The Hall–Kier alpha value is -0.660. The summed E-state index contributed by atoms with van der Waals surface area (Å²) >= 11 is 0. The molecule has 2 nitrogen and oxygen atoms in total. The molecule has 0 bridgehead atoms. The molecule has 0 atom stereocenters. The first-order valence-electron chi connectivity index (χ1n) is 3.86. The fourth-order valence-electron chi connectivity index (χ4n) is 1.54. The molecule has 0 aromatic heterocycles. The molecule has 1 rings (SSSR count). The lowest BCUT2D eigenvalue weighted by Crippen LogP contribution is -2.26. The van der Waals surface area contributed by atoms with Crippen LogP contribution >= 0.6 is 0 Å². The van der Waals surface area contributed by atoms with E-state index in [0.29, 0.717) is 0 Å². The third-order valence-electron chi connectivity index (χ3n) is 2.36. The van der Waals surface area contributed by atoms with E-state index in [-0.39, 0.29) is 5.41 Å². The van der Waals surface area contributed by atoms with Crippen molar-refractivity contribution in [2.75, 3.05) is 0 Å². The quantitative estimate of drug-likeness (QED) is 0.550. The van der Waals surface area contributed by atoms with E-state index < -0.39 is 0 Å². The molecule has 0 unspecified atom stereocenters. The fraction of sp³-hybridized carbons (Fsp3) is 0.750. The molecule has 0 heterocycles. The smallest absolute Gasteiger partial charge is 0.0395 e. The molecule has 10 heavy (non-hydrogen) atoms. The average molecular weight is 138 g/mol. The third kappa shape index (κ3) is 1.25. The Morgan fingerprint density at radius 2 is 1.40 bits per heavy atom. The molecule has 1 fully saturated rings. The minimum Gasteiger partial charge on any atom is -0.312 e. The first-order valence-corrected chi connectivity index (χ1v) is 3.86. The highest BCUT2D eigenvalue weighted by atomic mass is 14.5. The summed E-state index contributed by atoms with van der Waals surface area (Å²) in [5.41, 5.74) is -0.155. The maximum Gasteiger partial charge on any atom is 0.0395 e. The second-order valence-corrected chi connectivity index (χ2v) is 3.08. The minimum atomic E-state index is -0.155.